The van der Waals surface area contributed by atoms with Gasteiger partial charge >= 0.3 is 6.03 Å². The monoisotopic (exact) mass is 347 g/mol. The van der Waals surface area contributed by atoms with Gasteiger partial charge in [-0.05, 0) is 18.6 Å². The molecule has 1 aromatic rings. The van der Waals surface area contributed by atoms with Gasteiger partial charge in [0.25, 0.3) is 0 Å². The highest BCUT2D eigenvalue weighted by Crippen LogP contribution is 2.24. The molecule has 1 atom stereocenters. The summed E-state index contributed by atoms with van der Waals surface area (Å²) in [4.78, 5) is 15.8. The van der Waals surface area contributed by atoms with Crippen molar-refractivity contribution in [3.8, 4) is 0 Å². The molecule has 2 amide bonds. The summed E-state index contributed by atoms with van der Waals surface area (Å²) in [6.45, 7) is 4.14. The third-order valence-electron chi connectivity index (χ3n) is 4.04. The van der Waals surface area contributed by atoms with Crippen molar-refractivity contribution in [1.82, 2.24) is 9.80 Å². The van der Waals surface area contributed by atoms with Crippen molar-refractivity contribution in [3.05, 3.63) is 28.8 Å². The minimum Gasteiger partial charge on any atom is -0.395 e. The Morgan fingerprint density at radius 2 is 1.87 bits per heavy atom. The number of urea groups is 1. The maximum atomic E-state index is 13.7. The molecule has 128 valence electrons. The summed E-state index contributed by atoms with van der Waals surface area (Å²) in [5.41, 5.74) is -0.497. The number of anilines is 1. The van der Waals surface area contributed by atoms with Gasteiger partial charge in [-0.25, -0.2) is 13.6 Å². The summed E-state index contributed by atoms with van der Waals surface area (Å²) < 4.78 is 27.4. The maximum absolute atomic E-state index is 13.7. The number of aliphatic hydroxyl groups excluding tert-OH is 1. The zero-order valence-corrected chi connectivity index (χ0v) is 13.6. The lowest BCUT2D eigenvalue weighted by molar-refractivity contribution is 0.0765. The Bertz CT molecular complexity index is 539. The van der Waals surface area contributed by atoms with E-state index in [0.717, 1.165) is 18.6 Å². The first-order valence-corrected chi connectivity index (χ1v) is 7.89. The molecule has 8 heteroatoms. The third kappa shape index (κ3) is 4.31. The number of carbonyl (C=O) groups excluding carboxylic acids is 1. The molecule has 1 heterocycles. The number of hydrogen-bond donors (Lipinski definition) is 2. The van der Waals surface area contributed by atoms with Crippen molar-refractivity contribution < 1.29 is 18.7 Å². The number of amides is 2. The van der Waals surface area contributed by atoms with Crippen LogP contribution < -0.4 is 5.32 Å². The first kappa shape index (κ1) is 17.9. The molecule has 1 aliphatic rings. The van der Waals surface area contributed by atoms with Gasteiger partial charge in [0.2, 0.25) is 0 Å². The smallest absolute Gasteiger partial charge is 0.322 e. The van der Waals surface area contributed by atoms with E-state index in [2.05, 4.69) is 10.2 Å². The lowest BCUT2D eigenvalue weighted by atomic mass is 10.2. The van der Waals surface area contributed by atoms with Gasteiger partial charge in [-0.3, -0.25) is 4.90 Å². The largest absolute Gasteiger partial charge is 0.395 e. The van der Waals surface area contributed by atoms with E-state index in [4.69, 9.17) is 11.6 Å². The van der Waals surface area contributed by atoms with Gasteiger partial charge in [-0.15, -0.1) is 0 Å². The topological polar surface area (TPSA) is 55.8 Å². The quantitative estimate of drug-likeness (QED) is 0.880. The van der Waals surface area contributed by atoms with E-state index in [1.54, 1.807) is 0 Å². The van der Waals surface area contributed by atoms with Crippen LogP contribution in [0.2, 0.25) is 5.02 Å². The molecule has 0 saturated carbocycles. The van der Waals surface area contributed by atoms with Gasteiger partial charge in [-0.1, -0.05) is 18.5 Å². The average Bonchev–Trinajstić information content (AvgIpc) is 2.52. The number of nitrogens with zero attached hydrogens (tertiary/aromatic N) is 2. The van der Waals surface area contributed by atoms with Crippen LogP contribution >= 0.6 is 11.6 Å². The van der Waals surface area contributed by atoms with Crippen molar-refractivity contribution in [2.45, 2.75) is 19.4 Å². The Morgan fingerprint density at radius 1 is 1.30 bits per heavy atom. The number of benzene rings is 1. The zero-order valence-electron chi connectivity index (χ0n) is 12.9. The normalized spacial score (nSPS) is 17.2. The second-order valence-corrected chi connectivity index (χ2v) is 5.88. The lowest BCUT2D eigenvalue weighted by Gasteiger charge is -2.38. The summed E-state index contributed by atoms with van der Waals surface area (Å²) in [6.07, 6.45) is 0.823. The number of rotatable bonds is 4. The molecule has 2 N–H and O–H groups in total. The van der Waals surface area contributed by atoms with Crippen molar-refractivity contribution >= 4 is 23.3 Å². The fourth-order valence-corrected chi connectivity index (χ4v) is 2.83. The Labute approximate surface area is 138 Å². The van der Waals surface area contributed by atoms with Crippen LogP contribution in [0.25, 0.3) is 0 Å². The highest BCUT2D eigenvalue weighted by Gasteiger charge is 2.26. The van der Waals surface area contributed by atoms with E-state index in [1.165, 1.54) is 4.90 Å². The molecular weight excluding hydrogens is 328 g/mol. The first-order valence-electron chi connectivity index (χ1n) is 7.51. The summed E-state index contributed by atoms with van der Waals surface area (Å²) in [7, 11) is 0. The number of nitrogens with one attached hydrogen (secondary N) is 1. The number of aliphatic hydroxyl groups is 1. The summed E-state index contributed by atoms with van der Waals surface area (Å²) in [5.74, 6) is -1.82. The van der Waals surface area contributed by atoms with Crippen LogP contribution in [0.3, 0.4) is 0 Å². The molecule has 1 aromatic carbocycles. The molecule has 5 nitrogen and oxygen atoms in total. The second kappa shape index (κ2) is 7.90. The van der Waals surface area contributed by atoms with Crippen LogP contribution in [0.15, 0.2) is 12.1 Å². The Hall–Kier alpha value is -1.44. The molecule has 1 saturated heterocycles. The molecular formula is C15H20ClF2N3O2. The van der Waals surface area contributed by atoms with Crippen LogP contribution in [0.4, 0.5) is 19.3 Å². The predicted molar refractivity (Wildman–Crippen MR) is 84.7 cm³/mol. The first-order chi connectivity index (χ1) is 11.0. The molecule has 23 heavy (non-hydrogen) atoms. The zero-order chi connectivity index (χ0) is 17.0. The van der Waals surface area contributed by atoms with Gasteiger partial charge in [-0.2, -0.15) is 0 Å². The van der Waals surface area contributed by atoms with Crippen molar-refractivity contribution in [2.24, 2.45) is 0 Å². The standard InChI is InChI=1S/C15H20ClF2N3O2/c1-2-11(9-22)20-3-5-21(6-4-20)15(23)19-14-12(17)7-10(16)8-13(14)18/h7-8,11,22H,2-6,9H2,1H3,(H,19,23). The lowest BCUT2D eigenvalue weighted by Crippen LogP contribution is -2.53. The number of carbonyl (C=O) groups is 1. The highest BCUT2D eigenvalue weighted by molar-refractivity contribution is 6.30. The highest BCUT2D eigenvalue weighted by atomic mass is 35.5. The van der Waals surface area contributed by atoms with Gasteiger partial charge in [0, 0.05) is 37.2 Å². The van der Waals surface area contributed by atoms with E-state index in [1.807, 2.05) is 6.92 Å². The molecule has 1 fully saturated rings. The Morgan fingerprint density at radius 3 is 2.35 bits per heavy atom. The Kier molecular flexibility index (Phi) is 6.15. The SMILES string of the molecule is CCC(CO)N1CCN(C(=O)Nc2c(F)cc(Cl)cc2F)CC1. The summed E-state index contributed by atoms with van der Waals surface area (Å²) in [5, 5.41) is 11.5. The van der Waals surface area contributed by atoms with Crippen molar-refractivity contribution in [3.63, 3.8) is 0 Å². The van der Waals surface area contributed by atoms with E-state index in [9.17, 15) is 18.7 Å². The van der Waals surface area contributed by atoms with Crippen molar-refractivity contribution in [2.75, 3.05) is 38.1 Å². The molecule has 1 unspecified atom stereocenters. The minimum absolute atomic E-state index is 0.0683. The summed E-state index contributed by atoms with van der Waals surface area (Å²) >= 11 is 5.55. The molecule has 2 rings (SSSR count). The number of piperazine rings is 1. The van der Waals surface area contributed by atoms with Crippen LogP contribution in [0.5, 0.6) is 0 Å². The molecule has 0 radical (unpaired) electrons. The van der Waals surface area contributed by atoms with Gasteiger partial charge < -0.3 is 15.3 Å². The molecule has 0 aromatic heterocycles. The Balaban J connectivity index is 1.96. The van der Waals surface area contributed by atoms with E-state index >= 15 is 0 Å². The maximum Gasteiger partial charge on any atom is 0.322 e. The van der Waals surface area contributed by atoms with Gasteiger partial charge in [0.1, 0.15) is 5.69 Å². The third-order valence-corrected chi connectivity index (χ3v) is 4.26. The number of hydrogen-bond acceptors (Lipinski definition) is 3. The van der Waals surface area contributed by atoms with Crippen LogP contribution in [-0.2, 0) is 0 Å². The van der Waals surface area contributed by atoms with Gasteiger partial charge in [0.05, 0.1) is 6.61 Å². The summed E-state index contributed by atoms with van der Waals surface area (Å²) in [6, 6.07) is 1.42. The van der Waals surface area contributed by atoms with Gasteiger partial charge in [0.15, 0.2) is 11.6 Å². The van der Waals surface area contributed by atoms with Crippen LogP contribution in [0.1, 0.15) is 13.3 Å². The van der Waals surface area contributed by atoms with E-state index in [-0.39, 0.29) is 17.7 Å². The minimum atomic E-state index is -0.909. The van der Waals surface area contributed by atoms with Crippen molar-refractivity contribution in [1.29, 1.82) is 0 Å². The molecule has 1 aliphatic heterocycles. The fourth-order valence-electron chi connectivity index (χ4n) is 2.64. The molecule has 0 spiro atoms. The van der Waals surface area contributed by atoms with E-state index in [0.29, 0.717) is 26.2 Å². The molecule has 0 bridgehead atoms. The fraction of sp³-hybridized carbons (Fsp3) is 0.533. The molecule has 0 aliphatic carbocycles. The van der Waals surface area contributed by atoms with E-state index < -0.39 is 23.4 Å². The van der Waals surface area contributed by atoms with Crippen LogP contribution in [0, 0.1) is 11.6 Å². The van der Waals surface area contributed by atoms with Crippen LogP contribution in [-0.4, -0.2) is 59.8 Å². The predicted octanol–water partition coefficient (Wildman–Crippen LogP) is 2.54. The average molecular weight is 348 g/mol. The second-order valence-electron chi connectivity index (χ2n) is 5.44. The number of halogens is 3.